The topological polar surface area (TPSA) is 57.6 Å². The zero-order chi connectivity index (χ0) is 18.3. The molecule has 0 radical (unpaired) electrons. The lowest BCUT2D eigenvalue weighted by atomic mass is 9.95. The van der Waals surface area contributed by atoms with Gasteiger partial charge in [0.2, 0.25) is 0 Å². The number of amides is 1. The predicted molar refractivity (Wildman–Crippen MR) is 92.9 cm³/mol. The molecule has 1 aliphatic rings. The fraction of sp³-hybridized carbons (Fsp3) is 0.111. The van der Waals surface area contributed by atoms with Crippen molar-refractivity contribution in [3.05, 3.63) is 75.0 Å². The highest BCUT2D eigenvalue weighted by Crippen LogP contribution is 2.39. The normalized spacial score (nSPS) is 19.5. The second-order valence-corrected chi connectivity index (χ2v) is 6.40. The maximum absolute atomic E-state index is 13.1. The number of hydrogen-bond acceptors (Lipinski definition) is 3. The first kappa shape index (κ1) is 17.5. The number of likely N-dealkylation sites (tertiary alicyclic amines) is 1. The summed E-state index contributed by atoms with van der Waals surface area (Å²) in [6, 6.07) is 8.87. The lowest BCUT2D eigenvalue weighted by molar-refractivity contribution is -0.139. The standard InChI is InChI=1S/C18H12Cl2FNO3/c1-22-15(10-4-7-12(19)13(20)8-10)14(17(24)18(22)25)16(23)9-2-5-11(21)6-3-9/h2-8,15,23H,1H3/b16-14+. The number of halogens is 3. The number of rotatable bonds is 2. The highest BCUT2D eigenvalue weighted by atomic mass is 35.5. The first-order valence-electron chi connectivity index (χ1n) is 7.26. The Balaban J connectivity index is 2.18. The Labute approximate surface area is 153 Å². The molecule has 1 N–H and O–H groups in total. The smallest absolute Gasteiger partial charge is 0.295 e. The SMILES string of the molecule is CN1C(=O)C(=O)/C(=C(/O)c2ccc(F)cc2)C1c1ccc(Cl)c(Cl)c1. The van der Waals surface area contributed by atoms with Gasteiger partial charge in [0.1, 0.15) is 11.6 Å². The fourth-order valence-corrected chi connectivity index (χ4v) is 3.09. The molecule has 128 valence electrons. The lowest BCUT2D eigenvalue weighted by Crippen LogP contribution is -2.24. The molecule has 4 nitrogen and oxygen atoms in total. The summed E-state index contributed by atoms with van der Waals surface area (Å²) in [5.41, 5.74) is 0.676. The van der Waals surface area contributed by atoms with Crippen molar-refractivity contribution in [2.45, 2.75) is 6.04 Å². The number of Topliss-reactive ketones (excluding diaryl/α,β-unsaturated/α-hetero) is 1. The number of carbonyl (C=O) groups is 2. The molecular formula is C18H12Cl2FNO3. The molecule has 0 saturated carbocycles. The van der Waals surface area contributed by atoms with E-state index in [1.807, 2.05) is 0 Å². The van der Waals surface area contributed by atoms with Crippen LogP contribution >= 0.6 is 23.2 Å². The number of carbonyl (C=O) groups excluding carboxylic acids is 2. The van der Waals surface area contributed by atoms with E-state index >= 15 is 0 Å². The van der Waals surface area contributed by atoms with E-state index in [0.29, 0.717) is 10.6 Å². The van der Waals surface area contributed by atoms with Gasteiger partial charge in [-0.15, -0.1) is 0 Å². The highest BCUT2D eigenvalue weighted by molar-refractivity contribution is 6.46. The maximum Gasteiger partial charge on any atom is 0.295 e. The summed E-state index contributed by atoms with van der Waals surface area (Å²) in [5.74, 6) is -2.42. The van der Waals surface area contributed by atoms with Crippen LogP contribution in [-0.4, -0.2) is 28.7 Å². The monoisotopic (exact) mass is 379 g/mol. The summed E-state index contributed by atoms with van der Waals surface area (Å²) < 4.78 is 13.1. The Hall–Kier alpha value is -2.37. The van der Waals surface area contributed by atoms with Crippen molar-refractivity contribution in [3.8, 4) is 0 Å². The third-order valence-corrected chi connectivity index (χ3v) is 4.79. The van der Waals surface area contributed by atoms with E-state index < -0.39 is 23.5 Å². The third-order valence-electron chi connectivity index (χ3n) is 4.05. The minimum absolute atomic E-state index is 0.0857. The van der Waals surface area contributed by atoms with E-state index in [1.54, 1.807) is 12.1 Å². The van der Waals surface area contributed by atoms with Crippen LogP contribution in [0.4, 0.5) is 4.39 Å². The molecule has 0 spiro atoms. The quantitative estimate of drug-likeness (QED) is 0.483. The second-order valence-electron chi connectivity index (χ2n) is 5.59. The van der Waals surface area contributed by atoms with Crippen LogP contribution in [0.5, 0.6) is 0 Å². The van der Waals surface area contributed by atoms with E-state index in [-0.39, 0.29) is 21.9 Å². The third kappa shape index (κ3) is 3.01. The summed E-state index contributed by atoms with van der Waals surface area (Å²) in [4.78, 5) is 25.8. The average Bonchev–Trinajstić information content (AvgIpc) is 2.81. The Kier molecular flexibility index (Phi) is 4.54. The van der Waals surface area contributed by atoms with Crippen molar-refractivity contribution in [1.29, 1.82) is 0 Å². The second kappa shape index (κ2) is 6.50. The first-order valence-corrected chi connectivity index (χ1v) is 8.02. The van der Waals surface area contributed by atoms with Gasteiger partial charge in [0, 0.05) is 12.6 Å². The van der Waals surface area contributed by atoms with Crippen LogP contribution in [0.3, 0.4) is 0 Å². The number of aliphatic hydroxyl groups excluding tert-OH is 1. The molecule has 1 heterocycles. The number of likely N-dealkylation sites (N-methyl/N-ethyl adjacent to an activating group) is 1. The molecule has 25 heavy (non-hydrogen) atoms. The molecular weight excluding hydrogens is 368 g/mol. The first-order chi connectivity index (χ1) is 11.8. The lowest BCUT2D eigenvalue weighted by Gasteiger charge is -2.21. The van der Waals surface area contributed by atoms with Crippen LogP contribution in [0, 0.1) is 5.82 Å². The molecule has 1 atom stereocenters. The summed E-state index contributed by atoms with van der Waals surface area (Å²) in [6.45, 7) is 0. The molecule has 1 fully saturated rings. The summed E-state index contributed by atoms with van der Waals surface area (Å²) in [6.07, 6.45) is 0. The average molecular weight is 380 g/mol. The number of nitrogens with zero attached hydrogens (tertiary/aromatic N) is 1. The van der Waals surface area contributed by atoms with Crippen molar-refractivity contribution < 1.29 is 19.1 Å². The van der Waals surface area contributed by atoms with E-state index in [2.05, 4.69) is 0 Å². The maximum atomic E-state index is 13.1. The van der Waals surface area contributed by atoms with Gasteiger partial charge in [-0.05, 0) is 42.0 Å². The van der Waals surface area contributed by atoms with Crippen LogP contribution in [0.15, 0.2) is 48.0 Å². The Morgan fingerprint density at radius 3 is 2.32 bits per heavy atom. The largest absolute Gasteiger partial charge is 0.507 e. The van der Waals surface area contributed by atoms with Crippen LogP contribution in [0.25, 0.3) is 5.76 Å². The van der Waals surface area contributed by atoms with Crippen molar-refractivity contribution in [2.24, 2.45) is 0 Å². The zero-order valence-electron chi connectivity index (χ0n) is 13.0. The summed E-state index contributed by atoms with van der Waals surface area (Å²) in [7, 11) is 1.46. The van der Waals surface area contributed by atoms with Gasteiger partial charge in [-0.2, -0.15) is 0 Å². The molecule has 2 aromatic carbocycles. The van der Waals surface area contributed by atoms with Crippen molar-refractivity contribution in [2.75, 3.05) is 7.05 Å². The van der Waals surface area contributed by atoms with Gasteiger partial charge in [0.05, 0.1) is 21.7 Å². The molecule has 3 rings (SSSR count). The van der Waals surface area contributed by atoms with Gasteiger partial charge < -0.3 is 10.0 Å². The Morgan fingerprint density at radius 2 is 1.72 bits per heavy atom. The molecule has 7 heteroatoms. The van der Waals surface area contributed by atoms with Gasteiger partial charge in [0.15, 0.2) is 0 Å². The van der Waals surface area contributed by atoms with Crippen LogP contribution in [0.2, 0.25) is 10.0 Å². The van der Waals surface area contributed by atoms with Crippen LogP contribution in [-0.2, 0) is 9.59 Å². The van der Waals surface area contributed by atoms with E-state index in [9.17, 15) is 19.1 Å². The van der Waals surface area contributed by atoms with Crippen LogP contribution < -0.4 is 0 Å². The van der Waals surface area contributed by atoms with Gasteiger partial charge >= 0.3 is 0 Å². The highest BCUT2D eigenvalue weighted by Gasteiger charge is 2.44. The Bertz CT molecular complexity index is 909. The molecule has 1 unspecified atom stereocenters. The number of ketones is 1. The van der Waals surface area contributed by atoms with Gasteiger partial charge in [-0.25, -0.2) is 4.39 Å². The molecule has 1 aliphatic heterocycles. The van der Waals surface area contributed by atoms with E-state index in [4.69, 9.17) is 23.2 Å². The molecule has 0 aliphatic carbocycles. The molecule has 0 aromatic heterocycles. The van der Waals surface area contributed by atoms with Crippen molar-refractivity contribution >= 4 is 40.7 Å². The molecule has 1 saturated heterocycles. The Morgan fingerprint density at radius 1 is 1.08 bits per heavy atom. The van der Waals surface area contributed by atoms with Crippen LogP contribution in [0.1, 0.15) is 17.2 Å². The van der Waals surface area contributed by atoms with Crippen molar-refractivity contribution in [1.82, 2.24) is 4.90 Å². The molecule has 2 aromatic rings. The van der Waals surface area contributed by atoms with E-state index in [0.717, 1.165) is 12.1 Å². The van der Waals surface area contributed by atoms with Gasteiger partial charge in [-0.1, -0.05) is 29.3 Å². The predicted octanol–water partition coefficient (Wildman–Crippen LogP) is 4.18. The minimum atomic E-state index is -0.820. The number of hydrogen-bond donors (Lipinski definition) is 1. The fourth-order valence-electron chi connectivity index (χ4n) is 2.78. The molecule has 1 amide bonds. The van der Waals surface area contributed by atoms with Gasteiger partial charge in [-0.3, -0.25) is 9.59 Å². The van der Waals surface area contributed by atoms with E-state index in [1.165, 1.54) is 30.1 Å². The molecule has 0 bridgehead atoms. The van der Waals surface area contributed by atoms with Gasteiger partial charge in [0.25, 0.3) is 11.7 Å². The number of aliphatic hydroxyl groups is 1. The zero-order valence-corrected chi connectivity index (χ0v) is 14.5. The summed E-state index contributed by atoms with van der Waals surface area (Å²) >= 11 is 11.9. The minimum Gasteiger partial charge on any atom is -0.507 e. The van der Waals surface area contributed by atoms with Crippen molar-refractivity contribution in [3.63, 3.8) is 0 Å². The summed E-state index contributed by atoms with van der Waals surface area (Å²) in [5, 5.41) is 11.2. The number of benzene rings is 2.